The fourth-order valence-electron chi connectivity index (χ4n) is 2.38. The molecule has 1 saturated carbocycles. The Bertz CT molecular complexity index is 716. The number of benzene rings is 1. The Morgan fingerprint density at radius 1 is 1.22 bits per heavy atom. The third-order valence-electron chi connectivity index (χ3n) is 3.80. The average Bonchev–Trinajstić information content (AvgIpc) is 3.26. The van der Waals surface area contributed by atoms with Crippen LogP contribution in [0, 0.1) is 0 Å². The van der Waals surface area contributed by atoms with Crippen LogP contribution in [0.3, 0.4) is 0 Å². The van der Waals surface area contributed by atoms with E-state index in [0.717, 1.165) is 23.3 Å². The van der Waals surface area contributed by atoms with Gasteiger partial charge in [-0.25, -0.2) is 0 Å². The number of carbonyl (C=O) groups excluding carboxylic acids is 2. The number of primary amides is 1. The van der Waals surface area contributed by atoms with Gasteiger partial charge in [-0.05, 0) is 48.1 Å². The van der Waals surface area contributed by atoms with Gasteiger partial charge < -0.3 is 10.6 Å². The van der Waals surface area contributed by atoms with Gasteiger partial charge in [0.1, 0.15) is 0 Å². The van der Waals surface area contributed by atoms with Gasteiger partial charge in [0.05, 0.1) is 0 Å². The van der Waals surface area contributed by atoms with E-state index in [1.807, 2.05) is 40.6 Å². The highest BCUT2D eigenvalue weighted by Crippen LogP contribution is 2.29. The molecule has 2 N–H and O–H groups in total. The van der Waals surface area contributed by atoms with Gasteiger partial charge in [0, 0.05) is 29.1 Å². The van der Waals surface area contributed by atoms with Crippen LogP contribution >= 0.6 is 11.3 Å². The van der Waals surface area contributed by atoms with Gasteiger partial charge in [-0.15, -0.1) is 11.3 Å². The highest BCUT2D eigenvalue weighted by molar-refractivity contribution is 7.10. The summed E-state index contributed by atoms with van der Waals surface area (Å²) in [5.41, 5.74) is 6.73. The van der Waals surface area contributed by atoms with E-state index in [1.54, 1.807) is 29.5 Å². The Hall–Kier alpha value is -2.40. The number of amides is 2. The Morgan fingerprint density at radius 3 is 2.52 bits per heavy atom. The molecule has 118 valence electrons. The lowest BCUT2D eigenvalue weighted by Gasteiger charge is -2.21. The molecule has 1 fully saturated rings. The highest BCUT2D eigenvalue weighted by Gasteiger charge is 2.31. The monoisotopic (exact) mass is 326 g/mol. The first kappa shape index (κ1) is 15.5. The van der Waals surface area contributed by atoms with Crippen LogP contribution in [-0.2, 0) is 11.3 Å². The molecule has 1 aliphatic rings. The molecule has 0 aliphatic heterocycles. The van der Waals surface area contributed by atoms with Crippen molar-refractivity contribution in [3.63, 3.8) is 0 Å². The lowest BCUT2D eigenvalue weighted by Crippen LogP contribution is -2.31. The predicted molar refractivity (Wildman–Crippen MR) is 91.9 cm³/mol. The molecule has 2 amide bonds. The first-order valence-corrected chi connectivity index (χ1v) is 8.42. The molecule has 1 heterocycles. The molecule has 0 unspecified atom stereocenters. The van der Waals surface area contributed by atoms with Crippen molar-refractivity contribution in [2.45, 2.75) is 25.4 Å². The van der Waals surface area contributed by atoms with Crippen molar-refractivity contribution in [2.24, 2.45) is 5.73 Å². The van der Waals surface area contributed by atoms with Gasteiger partial charge in [0.2, 0.25) is 11.8 Å². The molecule has 4 nitrogen and oxygen atoms in total. The second-order valence-corrected chi connectivity index (χ2v) is 6.59. The second kappa shape index (κ2) is 6.79. The summed E-state index contributed by atoms with van der Waals surface area (Å²) in [4.78, 5) is 26.5. The Morgan fingerprint density at radius 2 is 1.96 bits per heavy atom. The van der Waals surface area contributed by atoms with Crippen LogP contribution in [0.4, 0.5) is 0 Å². The van der Waals surface area contributed by atoms with E-state index >= 15 is 0 Å². The fraction of sp³-hybridized carbons (Fsp3) is 0.222. The fourth-order valence-corrected chi connectivity index (χ4v) is 3.00. The molecule has 2 aromatic rings. The van der Waals surface area contributed by atoms with Crippen LogP contribution in [0.5, 0.6) is 0 Å². The topological polar surface area (TPSA) is 63.4 Å². The normalized spacial score (nSPS) is 14.1. The van der Waals surface area contributed by atoms with E-state index in [0.29, 0.717) is 18.2 Å². The van der Waals surface area contributed by atoms with Crippen molar-refractivity contribution in [3.8, 4) is 0 Å². The summed E-state index contributed by atoms with van der Waals surface area (Å²) in [5.74, 6) is -0.412. The summed E-state index contributed by atoms with van der Waals surface area (Å²) in [6.45, 7) is 0.553. The summed E-state index contributed by atoms with van der Waals surface area (Å²) in [6.07, 6.45) is 5.61. The Labute approximate surface area is 139 Å². The lowest BCUT2D eigenvalue weighted by atomic mass is 10.1. The Kier molecular flexibility index (Phi) is 4.57. The molecule has 0 bridgehead atoms. The summed E-state index contributed by atoms with van der Waals surface area (Å²) in [6, 6.07) is 11.4. The number of thiophene rings is 1. The molecule has 5 heteroatoms. The number of hydrogen-bond donors (Lipinski definition) is 1. The zero-order valence-electron chi connectivity index (χ0n) is 12.6. The molecule has 1 aromatic carbocycles. The van der Waals surface area contributed by atoms with Crippen LogP contribution in [0.25, 0.3) is 6.08 Å². The molecule has 0 spiro atoms. The lowest BCUT2D eigenvalue weighted by molar-refractivity contribution is -0.127. The van der Waals surface area contributed by atoms with Gasteiger partial charge in [-0.2, -0.15) is 0 Å². The summed E-state index contributed by atoms with van der Waals surface area (Å²) < 4.78 is 0. The first-order valence-electron chi connectivity index (χ1n) is 7.54. The highest BCUT2D eigenvalue weighted by atomic mass is 32.1. The number of hydrogen-bond acceptors (Lipinski definition) is 3. The van der Waals surface area contributed by atoms with Crippen LogP contribution < -0.4 is 5.73 Å². The van der Waals surface area contributed by atoms with Crippen molar-refractivity contribution in [2.75, 3.05) is 0 Å². The van der Waals surface area contributed by atoms with E-state index in [-0.39, 0.29) is 5.91 Å². The zero-order valence-corrected chi connectivity index (χ0v) is 13.5. The number of nitrogens with zero attached hydrogens (tertiary/aromatic N) is 1. The minimum Gasteiger partial charge on any atom is -0.366 e. The summed E-state index contributed by atoms with van der Waals surface area (Å²) >= 11 is 1.61. The number of rotatable bonds is 6. The minimum absolute atomic E-state index is 0.0277. The molecule has 1 aromatic heterocycles. The SMILES string of the molecule is NC(=O)c1ccc(CN(C(=O)/C=C/c2cccs2)C2CC2)cc1. The van der Waals surface area contributed by atoms with Crippen LogP contribution in [0.15, 0.2) is 47.9 Å². The van der Waals surface area contributed by atoms with E-state index < -0.39 is 5.91 Å². The van der Waals surface area contributed by atoms with Crippen LogP contribution in [0.2, 0.25) is 0 Å². The van der Waals surface area contributed by atoms with Gasteiger partial charge >= 0.3 is 0 Å². The largest absolute Gasteiger partial charge is 0.366 e. The molecule has 1 aliphatic carbocycles. The van der Waals surface area contributed by atoms with E-state index in [4.69, 9.17) is 5.73 Å². The predicted octanol–water partition coefficient (Wildman–Crippen LogP) is 3.05. The van der Waals surface area contributed by atoms with Crippen molar-refractivity contribution < 1.29 is 9.59 Å². The van der Waals surface area contributed by atoms with E-state index in [1.165, 1.54) is 0 Å². The molecule has 0 saturated heterocycles. The van der Waals surface area contributed by atoms with Crippen LogP contribution in [0.1, 0.15) is 33.6 Å². The van der Waals surface area contributed by atoms with Gasteiger partial charge in [-0.1, -0.05) is 18.2 Å². The number of carbonyl (C=O) groups is 2. The molecular formula is C18H18N2O2S. The van der Waals surface area contributed by atoms with E-state index in [9.17, 15) is 9.59 Å². The van der Waals surface area contributed by atoms with Crippen molar-refractivity contribution in [1.82, 2.24) is 4.90 Å². The number of nitrogens with two attached hydrogens (primary N) is 1. The maximum Gasteiger partial charge on any atom is 0.248 e. The maximum absolute atomic E-state index is 12.5. The van der Waals surface area contributed by atoms with Gasteiger partial charge in [0.15, 0.2) is 0 Å². The Balaban J connectivity index is 1.69. The van der Waals surface area contributed by atoms with Crippen molar-refractivity contribution in [3.05, 3.63) is 63.9 Å². The average molecular weight is 326 g/mol. The third-order valence-corrected chi connectivity index (χ3v) is 4.63. The minimum atomic E-state index is -0.439. The zero-order chi connectivity index (χ0) is 16.2. The molecule has 0 atom stereocenters. The van der Waals surface area contributed by atoms with Crippen molar-refractivity contribution >= 4 is 29.2 Å². The van der Waals surface area contributed by atoms with Gasteiger partial charge in [0.25, 0.3) is 0 Å². The molecule has 3 rings (SSSR count). The first-order chi connectivity index (χ1) is 11.1. The molecule has 0 radical (unpaired) electrons. The molecule has 23 heavy (non-hydrogen) atoms. The third kappa shape index (κ3) is 4.07. The summed E-state index contributed by atoms with van der Waals surface area (Å²) in [5, 5.41) is 1.99. The standard InChI is InChI=1S/C18H18N2O2S/c19-18(22)14-5-3-13(4-6-14)12-20(15-7-8-15)17(21)10-9-16-2-1-11-23-16/h1-6,9-11,15H,7-8,12H2,(H2,19,22)/b10-9+. The second-order valence-electron chi connectivity index (χ2n) is 5.61. The van der Waals surface area contributed by atoms with Gasteiger partial charge in [-0.3, -0.25) is 9.59 Å². The molecular weight excluding hydrogens is 308 g/mol. The summed E-state index contributed by atoms with van der Waals surface area (Å²) in [7, 11) is 0. The van der Waals surface area contributed by atoms with E-state index in [2.05, 4.69) is 0 Å². The quantitative estimate of drug-likeness (QED) is 0.829. The van der Waals surface area contributed by atoms with Crippen molar-refractivity contribution in [1.29, 1.82) is 0 Å². The smallest absolute Gasteiger partial charge is 0.248 e. The maximum atomic E-state index is 12.5. The van der Waals surface area contributed by atoms with Crippen LogP contribution in [-0.4, -0.2) is 22.8 Å².